The van der Waals surface area contributed by atoms with Gasteiger partial charge in [-0.1, -0.05) is 23.8 Å². The lowest BCUT2D eigenvalue weighted by Crippen LogP contribution is -2.39. The summed E-state index contributed by atoms with van der Waals surface area (Å²) in [7, 11) is 0. The normalized spacial score (nSPS) is 26.4. The average molecular weight is 254 g/mol. The van der Waals surface area contributed by atoms with Crippen LogP contribution < -0.4 is 5.32 Å². The molecule has 1 aliphatic heterocycles. The number of hydrogen-bond acceptors (Lipinski definition) is 5. The van der Waals surface area contributed by atoms with Gasteiger partial charge in [-0.15, -0.1) is 0 Å². The van der Waals surface area contributed by atoms with Crippen LogP contribution >= 0.6 is 11.8 Å². The maximum atomic E-state index is 5.03. The van der Waals surface area contributed by atoms with Crippen molar-refractivity contribution < 1.29 is 4.52 Å². The van der Waals surface area contributed by atoms with Gasteiger partial charge < -0.3 is 9.84 Å². The summed E-state index contributed by atoms with van der Waals surface area (Å²) < 4.78 is 5.03. The second kappa shape index (κ2) is 5.08. The summed E-state index contributed by atoms with van der Waals surface area (Å²) in [6, 6.07) is 0. The van der Waals surface area contributed by atoms with Crippen LogP contribution in [0.15, 0.2) is 9.52 Å². The highest BCUT2D eigenvalue weighted by atomic mass is 32.2. The van der Waals surface area contributed by atoms with E-state index in [1.807, 2.05) is 6.92 Å². The summed E-state index contributed by atoms with van der Waals surface area (Å²) in [5.41, 5.74) is 0.199. The van der Waals surface area contributed by atoms with Crippen LogP contribution in [-0.4, -0.2) is 33.1 Å². The summed E-state index contributed by atoms with van der Waals surface area (Å²) in [5, 5.41) is 8.24. The molecule has 2 heterocycles. The molecular formula is C11H18N4OS. The van der Waals surface area contributed by atoms with Crippen LogP contribution in [0.4, 0.5) is 0 Å². The van der Waals surface area contributed by atoms with E-state index in [0.717, 1.165) is 17.3 Å². The Morgan fingerprint density at radius 2 is 2.41 bits per heavy atom. The third-order valence-electron chi connectivity index (χ3n) is 2.87. The van der Waals surface area contributed by atoms with Crippen LogP contribution in [0.1, 0.15) is 32.0 Å². The van der Waals surface area contributed by atoms with Crippen LogP contribution in [0.5, 0.6) is 0 Å². The van der Waals surface area contributed by atoms with Gasteiger partial charge in [-0.2, -0.15) is 4.98 Å². The number of amidine groups is 1. The van der Waals surface area contributed by atoms with Gasteiger partial charge in [-0.25, -0.2) is 0 Å². The zero-order valence-electron chi connectivity index (χ0n) is 10.5. The Bertz CT molecular complexity index is 417. The minimum atomic E-state index is 0.199. The zero-order valence-corrected chi connectivity index (χ0v) is 11.3. The fourth-order valence-corrected chi connectivity index (χ4v) is 2.76. The maximum absolute atomic E-state index is 5.03. The quantitative estimate of drug-likeness (QED) is 0.887. The van der Waals surface area contributed by atoms with Crippen molar-refractivity contribution in [3.63, 3.8) is 0 Å². The molecule has 0 aromatic carbocycles. The fourth-order valence-electron chi connectivity index (χ4n) is 1.53. The van der Waals surface area contributed by atoms with E-state index in [-0.39, 0.29) is 5.54 Å². The van der Waals surface area contributed by atoms with Gasteiger partial charge in [0, 0.05) is 17.7 Å². The first kappa shape index (κ1) is 12.4. The van der Waals surface area contributed by atoms with E-state index >= 15 is 0 Å². The third kappa shape index (κ3) is 3.21. The molecular weight excluding hydrogens is 236 g/mol. The molecule has 2 rings (SSSR count). The van der Waals surface area contributed by atoms with E-state index in [0.29, 0.717) is 24.7 Å². The lowest BCUT2D eigenvalue weighted by Gasteiger charge is -2.20. The number of aromatic nitrogens is 2. The Balaban J connectivity index is 1.82. The molecule has 1 atom stereocenters. The van der Waals surface area contributed by atoms with Crippen LogP contribution in [0, 0.1) is 6.92 Å². The molecule has 1 N–H and O–H groups in total. The topological polar surface area (TPSA) is 63.3 Å². The van der Waals surface area contributed by atoms with Crippen molar-refractivity contribution in [3.8, 4) is 0 Å². The van der Waals surface area contributed by atoms with Gasteiger partial charge >= 0.3 is 0 Å². The van der Waals surface area contributed by atoms with Gasteiger partial charge in [0.2, 0.25) is 5.89 Å². The summed E-state index contributed by atoms with van der Waals surface area (Å²) in [4.78, 5) is 8.66. The molecule has 1 saturated heterocycles. The zero-order chi connectivity index (χ0) is 12.3. The minimum absolute atomic E-state index is 0.199. The number of thioether (sulfide) groups is 1. The molecule has 0 spiro atoms. The van der Waals surface area contributed by atoms with Crippen LogP contribution in [0.2, 0.25) is 0 Å². The molecule has 17 heavy (non-hydrogen) atoms. The molecule has 0 bridgehead atoms. The number of nitrogens with zero attached hydrogens (tertiary/aromatic N) is 3. The van der Waals surface area contributed by atoms with Crippen LogP contribution in [0.25, 0.3) is 0 Å². The predicted octanol–water partition coefficient (Wildman–Crippen LogP) is 1.78. The van der Waals surface area contributed by atoms with Gasteiger partial charge in [-0.05, 0) is 20.3 Å². The molecule has 1 aromatic heterocycles. The van der Waals surface area contributed by atoms with Gasteiger partial charge in [0.25, 0.3) is 0 Å². The van der Waals surface area contributed by atoms with E-state index in [2.05, 4.69) is 34.3 Å². The Kier molecular flexibility index (Phi) is 3.71. The van der Waals surface area contributed by atoms with Gasteiger partial charge in [0.1, 0.15) is 0 Å². The summed E-state index contributed by atoms with van der Waals surface area (Å²) >= 11 is 1.79. The van der Waals surface area contributed by atoms with E-state index in [4.69, 9.17) is 4.52 Å². The van der Waals surface area contributed by atoms with Crippen molar-refractivity contribution in [2.24, 2.45) is 4.99 Å². The number of rotatable bonds is 4. The SMILES string of the molecule is CCC1(C)CSC(=NCCc2nc(C)no2)N1. The van der Waals surface area contributed by atoms with Gasteiger partial charge in [-0.3, -0.25) is 4.99 Å². The summed E-state index contributed by atoms with van der Waals surface area (Å²) in [6.45, 7) is 6.93. The lowest BCUT2D eigenvalue weighted by atomic mass is 10.0. The van der Waals surface area contributed by atoms with Crippen LogP contribution in [0.3, 0.4) is 0 Å². The van der Waals surface area contributed by atoms with E-state index < -0.39 is 0 Å². The Morgan fingerprint density at radius 1 is 1.59 bits per heavy atom. The summed E-state index contributed by atoms with van der Waals surface area (Å²) in [6.07, 6.45) is 1.82. The standard InChI is InChI=1S/C11H18N4OS/c1-4-11(3)7-17-10(14-11)12-6-5-9-13-8(2)15-16-9/h4-7H2,1-3H3,(H,12,14). The van der Waals surface area contributed by atoms with Crippen molar-refractivity contribution >= 4 is 16.9 Å². The highest BCUT2D eigenvalue weighted by Gasteiger charge is 2.30. The van der Waals surface area contributed by atoms with Crippen LogP contribution in [-0.2, 0) is 6.42 Å². The number of hydrogen-bond donors (Lipinski definition) is 1. The number of aliphatic imine (C=N–C) groups is 1. The van der Waals surface area contributed by atoms with E-state index in [9.17, 15) is 0 Å². The monoisotopic (exact) mass is 254 g/mol. The molecule has 0 amide bonds. The lowest BCUT2D eigenvalue weighted by molar-refractivity contribution is 0.376. The van der Waals surface area contributed by atoms with Crippen molar-refractivity contribution in [1.82, 2.24) is 15.5 Å². The average Bonchev–Trinajstić information content (AvgIpc) is 2.87. The largest absolute Gasteiger partial charge is 0.359 e. The molecule has 6 heteroatoms. The van der Waals surface area contributed by atoms with Gasteiger partial charge in [0.15, 0.2) is 11.0 Å². The first-order valence-electron chi connectivity index (χ1n) is 5.86. The molecule has 1 aliphatic rings. The minimum Gasteiger partial charge on any atom is -0.359 e. The third-order valence-corrected chi connectivity index (χ3v) is 4.15. The van der Waals surface area contributed by atoms with Crippen molar-refractivity contribution in [2.45, 2.75) is 39.2 Å². The van der Waals surface area contributed by atoms with E-state index in [1.165, 1.54) is 0 Å². The molecule has 1 aromatic rings. The number of nitrogens with one attached hydrogen (secondary N) is 1. The Hall–Kier alpha value is -1.04. The maximum Gasteiger partial charge on any atom is 0.228 e. The predicted molar refractivity (Wildman–Crippen MR) is 69.3 cm³/mol. The fraction of sp³-hybridized carbons (Fsp3) is 0.727. The van der Waals surface area contributed by atoms with E-state index in [1.54, 1.807) is 11.8 Å². The van der Waals surface area contributed by atoms with Crippen molar-refractivity contribution in [3.05, 3.63) is 11.7 Å². The second-order valence-corrected chi connectivity index (χ2v) is 5.46. The highest BCUT2D eigenvalue weighted by molar-refractivity contribution is 8.14. The highest BCUT2D eigenvalue weighted by Crippen LogP contribution is 2.25. The molecule has 5 nitrogen and oxygen atoms in total. The summed E-state index contributed by atoms with van der Waals surface area (Å²) in [5.74, 6) is 2.43. The molecule has 0 radical (unpaired) electrons. The first-order valence-corrected chi connectivity index (χ1v) is 6.84. The Morgan fingerprint density at radius 3 is 3.00 bits per heavy atom. The van der Waals surface area contributed by atoms with Crippen molar-refractivity contribution in [2.75, 3.05) is 12.3 Å². The first-order chi connectivity index (χ1) is 8.11. The van der Waals surface area contributed by atoms with Gasteiger partial charge in [0.05, 0.1) is 6.54 Å². The Labute approximate surface area is 105 Å². The van der Waals surface area contributed by atoms with Crippen molar-refractivity contribution in [1.29, 1.82) is 0 Å². The molecule has 1 unspecified atom stereocenters. The smallest absolute Gasteiger partial charge is 0.228 e. The second-order valence-electron chi connectivity index (χ2n) is 4.50. The number of aryl methyl sites for hydroxylation is 1. The molecule has 94 valence electrons. The molecule has 1 fully saturated rings. The molecule has 0 aliphatic carbocycles. The molecule has 0 saturated carbocycles.